The Morgan fingerprint density at radius 1 is 1.44 bits per heavy atom. The van der Waals surface area contributed by atoms with Crippen LogP contribution in [0, 0.1) is 0 Å². The first-order valence-electron chi connectivity index (χ1n) is 7.03. The molecule has 1 N–H and O–H groups in total. The van der Waals surface area contributed by atoms with Gasteiger partial charge in [0.15, 0.2) is 0 Å². The van der Waals surface area contributed by atoms with Gasteiger partial charge in [-0.3, -0.25) is 4.90 Å². The van der Waals surface area contributed by atoms with E-state index in [0.29, 0.717) is 6.04 Å². The van der Waals surface area contributed by atoms with Gasteiger partial charge in [0.05, 0.1) is 5.54 Å². The van der Waals surface area contributed by atoms with Crippen LogP contribution >= 0.6 is 11.3 Å². The van der Waals surface area contributed by atoms with Crippen LogP contribution in [0.4, 0.5) is 0 Å². The van der Waals surface area contributed by atoms with E-state index in [2.05, 4.69) is 41.4 Å². The maximum Gasteiger partial charge on any atom is 0.112 e. The lowest BCUT2D eigenvalue weighted by molar-refractivity contribution is 0.0812. The molecule has 3 nitrogen and oxygen atoms in total. The summed E-state index contributed by atoms with van der Waals surface area (Å²) in [4.78, 5) is 7.07. The quantitative estimate of drug-likeness (QED) is 0.889. The molecule has 0 unspecified atom stereocenters. The van der Waals surface area contributed by atoms with E-state index in [1.54, 1.807) is 11.3 Å². The minimum absolute atomic E-state index is 0.0872. The Hall–Kier alpha value is -0.450. The van der Waals surface area contributed by atoms with Gasteiger partial charge < -0.3 is 5.32 Å². The zero-order valence-corrected chi connectivity index (χ0v) is 12.6. The Morgan fingerprint density at radius 2 is 2.17 bits per heavy atom. The van der Waals surface area contributed by atoms with Crippen LogP contribution in [-0.2, 0) is 5.54 Å². The molecular weight excluding hydrogens is 242 g/mol. The van der Waals surface area contributed by atoms with Gasteiger partial charge in [-0.2, -0.15) is 0 Å². The summed E-state index contributed by atoms with van der Waals surface area (Å²) < 4.78 is 0. The number of piperidine rings is 1. The van der Waals surface area contributed by atoms with Gasteiger partial charge in [-0.05, 0) is 39.7 Å². The number of aromatic nitrogens is 1. The molecular formula is C14H25N3S. The zero-order valence-electron chi connectivity index (χ0n) is 11.8. The highest BCUT2D eigenvalue weighted by molar-refractivity contribution is 7.09. The predicted molar refractivity (Wildman–Crippen MR) is 78.0 cm³/mol. The summed E-state index contributed by atoms with van der Waals surface area (Å²) in [7, 11) is 0. The van der Waals surface area contributed by atoms with Crippen molar-refractivity contribution in [3.8, 4) is 0 Å². The lowest BCUT2D eigenvalue weighted by Crippen LogP contribution is -2.49. The van der Waals surface area contributed by atoms with E-state index in [9.17, 15) is 0 Å². The fourth-order valence-electron chi connectivity index (χ4n) is 2.65. The van der Waals surface area contributed by atoms with E-state index < -0.39 is 0 Å². The molecule has 0 atom stereocenters. The van der Waals surface area contributed by atoms with Crippen molar-refractivity contribution < 1.29 is 0 Å². The molecule has 0 saturated carbocycles. The smallest absolute Gasteiger partial charge is 0.112 e. The number of nitrogens with one attached hydrogen (secondary N) is 1. The Morgan fingerprint density at radius 3 is 2.72 bits per heavy atom. The summed E-state index contributed by atoms with van der Waals surface area (Å²) in [5, 5.41) is 6.95. The minimum atomic E-state index is 0.0872. The molecule has 102 valence electrons. The second-order valence-electron chi connectivity index (χ2n) is 5.61. The zero-order chi connectivity index (χ0) is 13.0. The average molecular weight is 267 g/mol. The van der Waals surface area contributed by atoms with Gasteiger partial charge in [-0.25, -0.2) is 4.98 Å². The Labute approximate surface area is 115 Å². The SMILES string of the molecule is CCCNC1CCN(C(C)(C)c2nccs2)CC1. The van der Waals surface area contributed by atoms with Crippen LogP contribution < -0.4 is 5.32 Å². The molecule has 0 amide bonds. The first kappa shape index (κ1) is 14.0. The van der Waals surface area contributed by atoms with Gasteiger partial charge in [-0.15, -0.1) is 11.3 Å². The number of nitrogens with zero attached hydrogens (tertiary/aromatic N) is 2. The van der Waals surface area contributed by atoms with Crippen molar-refractivity contribution in [2.45, 2.75) is 51.6 Å². The molecule has 0 bridgehead atoms. The van der Waals surface area contributed by atoms with Crippen molar-refractivity contribution in [3.63, 3.8) is 0 Å². The molecule has 1 saturated heterocycles. The molecule has 0 spiro atoms. The normalized spacial score (nSPS) is 19.3. The highest BCUT2D eigenvalue weighted by Gasteiger charge is 2.33. The molecule has 0 radical (unpaired) electrons. The van der Waals surface area contributed by atoms with Crippen LogP contribution in [0.15, 0.2) is 11.6 Å². The molecule has 2 heterocycles. The van der Waals surface area contributed by atoms with Gasteiger partial charge in [0, 0.05) is 30.7 Å². The number of hydrogen-bond donors (Lipinski definition) is 1. The average Bonchev–Trinajstić information content (AvgIpc) is 2.91. The van der Waals surface area contributed by atoms with E-state index in [-0.39, 0.29) is 5.54 Å². The summed E-state index contributed by atoms with van der Waals surface area (Å²) in [5.41, 5.74) is 0.0872. The molecule has 0 aliphatic carbocycles. The molecule has 1 fully saturated rings. The maximum atomic E-state index is 4.49. The maximum absolute atomic E-state index is 4.49. The third-order valence-corrected chi connectivity index (χ3v) is 5.01. The van der Waals surface area contributed by atoms with Gasteiger partial charge in [0.1, 0.15) is 5.01 Å². The van der Waals surface area contributed by atoms with Gasteiger partial charge in [0.25, 0.3) is 0 Å². The van der Waals surface area contributed by atoms with E-state index in [1.807, 2.05) is 6.20 Å². The molecule has 2 rings (SSSR count). The Kier molecular flexibility index (Phi) is 4.76. The van der Waals surface area contributed by atoms with Crippen molar-refractivity contribution in [2.75, 3.05) is 19.6 Å². The predicted octanol–water partition coefficient (Wildman–Crippen LogP) is 2.84. The van der Waals surface area contributed by atoms with Gasteiger partial charge in [0.2, 0.25) is 0 Å². The standard InChI is InChI=1S/C14H25N3S/c1-4-7-15-12-5-9-17(10-6-12)14(2,3)13-16-8-11-18-13/h8,11-12,15H,4-7,9-10H2,1-3H3. The van der Waals surface area contributed by atoms with E-state index in [1.165, 1.54) is 37.4 Å². The molecule has 4 heteroatoms. The third kappa shape index (κ3) is 3.11. The molecule has 1 aliphatic heterocycles. The molecule has 1 aromatic rings. The number of thiazole rings is 1. The van der Waals surface area contributed by atoms with Crippen molar-refractivity contribution in [2.24, 2.45) is 0 Å². The Bertz CT molecular complexity index is 340. The summed E-state index contributed by atoms with van der Waals surface area (Å²) in [6.07, 6.45) is 5.66. The summed E-state index contributed by atoms with van der Waals surface area (Å²) in [5.74, 6) is 0. The lowest BCUT2D eigenvalue weighted by Gasteiger charge is -2.42. The molecule has 1 aromatic heterocycles. The van der Waals surface area contributed by atoms with E-state index >= 15 is 0 Å². The van der Waals surface area contributed by atoms with Crippen molar-refractivity contribution in [1.82, 2.24) is 15.2 Å². The van der Waals surface area contributed by atoms with Crippen LogP contribution in [-0.4, -0.2) is 35.6 Å². The summed E-state index contributed by atoms with van der Waals surface area (Å²) in [6.45, 7) is 10.3. The third-order valence-electron chi connectivity index (χ3n) is 3.92. The number of hydrogen-bond acceptors (Lipinski definition) is 4. The fraction of sp³-hybridized carbons (Fsp3) is 0.786. The highest BCUT2D eigenvalue weighted by Crippen LogP contribution is 2.31. The minimum Gasteiger partial charge on any atom is -0.314 e. The second kappa shape index (κ2) is 6.13. The van der Waals surface area contributed by atoms with Crippen LogP contribution in [0.25, 0.3) is 0 Å². The molecule has 18 heavy (non-hydrogen) atoms. The van der Waals surface area contributed by atoms with Crippen molar-refractivity contribution in [3.05, 3.63) is 16.6 Å². The van der Waals surface area contributed by atoms with Crippen molar-refractivity contribution >= 4 is 11.3 Å². The highest BCUT2D eigenvalue weighted by atomic mass is 32.1. The van der Waals surface area contributed by atoms with Crippen LogP contribution in [0.2, 0.25) is 0 Å². The van der Waals surface area contributed by atoms with Gasteiger partial charge >= 0.3 is 0 Å². The number of likely N-dealkylation sites (tertiary alicyclic amines) is 1. The van der Waals surface area contributed by atoms with Crippen LogP contribution in [0.1, 0.15) is 45.0 Å². The van der Waals surface area contributed by atoms with E-state index in [0.717, 1.165) is 6.54 Å². The molecule has 1 aliphatic rings. The monoisotopic (exact) mass is 267 g/mol. The fourth-order valence-corrected chi connectivity index (χ4v) is 3.44. The summed E-state index contributed by atoms with van der Waals surface area (Å²) in [6, 6.07) is 0.716. The summed E-state index contributed by atoms with van der Waals surface area (Å²) >= 11 is 1.77. The second-order valence-corrected chi connectivity index (χ2v) is 6.51. The topological polar surface area (TPSA) is 28.2 Å². The molecule has 0 aromatic carbocycles. The first-order chi connectivity index (χ1) is 8.64. The first-order valence-corrected chi connectivity index (χ1v) is 7.91. The Balaban J connectivity index is 1.89. The number of rotatable bonds is 5. The lowest BCUT2D eigenvalue weighted by atomic mass is 9.97. The van der Waals surface area contributed by atoms with Gasteiger partial charge in [-0.1, -0.05) is 6.92 Å². The van der Waals surface area contributed by atoms with Crippen molar-refractivity contribution in [1.29, 1.82) is 0 Å². The van der Waals surface area contributed by atoms with E-state index in [4.69, 9.17) is 0 Å². The van der Waals surface area contributed by atoms with Crippen LogP contribution in [0.5, 0.6) is 0 Å². The largest absolute Gasteiger partial charge is 0.314 e. The van der Waals surface area contributed by atoms with Crippen LogP contribution in [0.3, 0.4) is 0 Å².